The quantitative estimate of drug-likeness (QED) is 0.139. The summed E-state index contributed by atoms with van der Waals surface area (Å²) in [7, 11) is -2.72. The summed E-state index contributed by atoms with van der Waals surface area (Å²) in [5, 5.41) is 2.45. The van der Waals surface area contributed by atoms with Gasteiger partial charge in [-0.2, -0.15) is 34.8 Å². The lowest BCUT2D eigenvalue weighted by atomic mass is 9.90. The molecule has 0 saturated carbocycles. The number of ether oxygens (including phenoxy) is 3. The van der Waals surface area contributed by atoms with E-state index < -0.39 is 57.2 Å². The minimum Gasteiger partial charge on any atom is -0.489 e. The SMILES string of the molecule is COC(=O)C(=NS(=O)(=O)c1ccc(C)cc1)C(F)(F)F.COC(=O)Nc1cc(-c2ccc(OCC(N)(CC(C)C)C(F)(F)F)c(C)n2)ccn1. The van der Waals surface area contributed by atoms with Gasteiger partial charge in [0.2, 0.25) is 5.71 Å². The summed E-state index contributed by atoms with van der Waals surface area (Å²) in [6.07, 6.45) is -9.26. The first kappa shape index (κ1) is 41.4. The van der Waals surface area contributed by atoms with E-state index in [4.69, 9.17) is 10.5 Å². The molecule has 0 fully saturated rings. The molecule has 2 heterocycles. The number of rotatable bonds is 10. The number of nitrogens with zero attached hydrogens (tertiary/aromatic N) is 3. The van der Waals surface area contributed by atoms with Crippen LogP contribution in [0.2, 0.25) is 0 Å². The zero-order chi connectivity index (χ0) is 38.1. The molecule has 0 radical (unpaired) electrons. The summed E-state index contributed by atoms with van der Waals surface area (Å²) in [6, 6.07) is 11.4. The minimum atomic E-state index is -5.23. The number of sulfonamides is 1. The van der Waals surface area contributed by atoms with Crippen molar-refractivity contribution in [3.63, 3.8) is 0 Å². The smallest absolute Gasteiger partial charge is 0.441 e. The molecule has 1 amide bonds. The third kappa shape index (κ3) is 11.7. The van der Waals surface area contributed by atoms with Crippen molar-refractivity contribution in [3.8, 4) is 17.0 Å². The number of methoxy groups -OCH3 is 2. The number of nitrogens with two attached hydrogens (primary N) is 1. The number of alkyl halides is 6. The van der Waals surface area contributed by atoms with Crippen LogP contribution in [-0.4, -0.2) is 74.9 Å². The van der Waals surface area contributed by atoms with Crippen LogP contribution in [0.4, 0.5) is 37.0 Å². The van der Waals surface area contributed by atoms with Gasteiger partial charge >= 0.3 is 24.4 Å². The zero-order valence-electron chi connectivity index (χ0n) is 27.6. The molecule has 0 bridgehead atoms. The third-order valence-corrected chi connectivity index (χ3v) is 7.80. The predicted molar refractivity (Wildman–Crippen MR) is 170 cm³/mol. The van der Waals surface area contributed by atoms with Gasteiger partial charge in [-0.3, -0.25) is 5.32 Å². The average molecular weight is 736 g/mol. The number of amides is 1. The van der Waals surface area contributed by atoms with Crippen LogP contribution in [0.1, 0.15) is 31.5 Å². The number of hydrogen-bond acceptors (Lipinski definition) is 10. The van der Waals surface area contributed by atoms with Gasteiger partial charge in [0.25, 0.3) is 10.0 Å². The van der Waals surface area contributed by atoms with Crippen LogP contribution in [0.3, 0.4) is 0 Å². The molecule has 0 aliphatic heterocycles. The van der Waals surface area contributed by atoms with Gasteiger partial charge in [0.15, 0.2) is 0 Å². The van der Waals surface area contributed by atoms with E-state index in [1.165, 1.54) is 31.5 Å². The fourth-order valence-electron chi connectivity index (χ4n) is 4.05. The topological polar surface area (TPSA) is 172 Å². The maximum absolute atomic E-state index is 13.4. The second-order valence-corrected chi connectivity index (χ2v) is 12.7. The van der Waals surface area contributed by atoms with Crippen LogP contribution in [0.25, 0.3) is 11.3 Å². The molecule has 12 nitrogen and oxygen atoms in total. The molecule has 50 heavy (non-hydrogen) atoms. The Morgan fingerprint density at radius 3 is 2.08 bits per heavy atom. The molecule has 3 N–H and O–H groups in total. The standard InChI is InChI=1S/C20H25F3N4O3.C11H10F3NO4S/c1-12(2)10-19(24,20(21,22)23)11-30-16-6-5-15(26-13(16)3)14-7-8-25-17(9-14)27-18(28)29-4;1-7-3-5-8(6-4-7)20(17,18)15-9(10(16)19-2)11(12,13)14/h5-9,12H,10-11,24H2,1-4H3,(H,25,27,28);3-6H,1-2H3. The maximum Gasteiger partial charge on any atom is 0.441 e. The number of benzene rings is 1. The van der Waals surface area contributed by atoms with E-state index in [0.29, 0.717) is 24.1 Å². The van der Waals surface area contributed by atoms with Gasteiger partial charge in [-0.25, -0.2) is 19.6 Å². The molecule has 3 aromatic rings. The lowest BCUT2D eigenvalue weighted by Gasteiger charge is -2.33. The highest BCUT2D eigenvalue weighted by atomic mass is 32.2. The number of anilines is 1. The van der Waals surface area contributed by atoms with Crippen LogP contribution in [0, 0.1) is 19.8 Å². The first-order valence-corrected chi connectivity index (χ1v) is 15.8. The van der Waals surface area contributed by atoms with Crippen LogP contribution >= 0.6 is 0 Å². The summed E-state index contributed by atoms with van der Waals surface area (Å²) >= 11 is 0. The zero-order valence-corrected chi connectivity index (χ0v) is 28.5. The summed E-state index contributed by atoms with van der Waals surface area (Å²) < 4.78 is 118. The van der Waals surface area contributed by atoms with Crippen molar-refractivity contribution in [1.82, 2.24) is 9.97 Å². The number of aromatic nitrogens is 2. The van der Waals surface area contributed by atoms with E-state index in [0.717, 1.165) is 17.7 Å². The lowest BCUT2D eigenvalue weighted by molar-refractivity contribution is -0.197. The first-order chi connectivity index (χ1) is 23.0. The van der Waals surface area contributed by atoms with Crippen LogP contribution < -0.4 is 15.8 Å². The van der Waals surface area contributed by atoms with Gasteiger partial charge in [-0.05, 0) is 62.6 Å². The number of esters is 1. The summed E-state index contributed by atoms with van der Waals surface area (Å²) in [5.41, 5.74) is 3.37. The molecule has 19 heteroatoms. The highest BCUT2D eigenvalue weighted by molar-refractivity contribution is 7.90. The van der Waals surface area contributed by atoms with Crippen molar-refractivity contribution >= 4 is 33.6 Å². The number of carbonyl (C=O) groups is 2. The van der Waals surface area contributed by atoms with Gasteiger partial charge < -0.3 is 19.9 Å². The monoisotopic (exact) mass is 735 g/mol. The number of aryl methyl sites for hydroxylation is 2. The van der Waals surface area contributed by atoms with Crippen LogP contribution in [-0.2, 0) is 24.3 Å². The van der Waals surface area contributed by atoms with E-state index in [1.54, 1.807) is 45.9 Å². The van der Waals surface area contributed by atoms with Gasteiger partial charge in [0, 0.05) is 11.8 Å². The molecular weight excluding hydrogens is 700 g/mol. The fraction of sp³-hybridized carbons (Fsp3) is 0.387. The normalized spacial score (nSPS) is 13.4. The largest absolute Gasteiger partial charge is 0.489 e. The van der Waals surface area contributed by atoms with Crippen molar-refractivity contribution in [2.45, 2.75) is 56.9 Å². The Bertz CT molecular complexity index is 1780. The highest BCUT2D eigenvalue weighted by Gasteiger charge is 2.53. The highest BCUT2D eigenvalue weighted by Crippen LogP contribution is 2.35. The molecule has 2 aromatic heterocycles. The summed E-state index contributed by atoms with van der Waals surface area (Å²) in [5.74, 6) is -1.64. The van der Waals surface area contributed by atoms with Gasteiger partial charge in [0.1, 0.15) is 23.7 Å². The van der Waals surface area contributed by atoms with E-state index >= 15 is 0 Å². The number of carbonyl (C=O) groups excluding carboxylic acids is 2. The Morgan fingerprint density at radius 2 is 1.58 bits per heavy atom. The van der Waals surface area contributed by atoms with Crippen molar-refractivity contribution in [2.24, 2.45) is 16.0 Å². The minimum absolute atomic E-state index is 0.212. The Kier molecular flexibility index (Phi) is 13.9. The molecule has 274 valence electrons. The molecule has 0 spiro atoms. The van der Waals surface area contributed by atoms with Gasteiger partial charge in [-0.1, -0.05) is 31.5 Å². The molecule has 0 aliphatic rings. The first-order valence-electron chi connectivity index (χ1n) is 14.4. The lowest BCUT2D eigenvalue weighted by Crippen LogP contribution is -2.58. The molecule has 0 aliphatic carbocycles. The second-order valence-electron chi connectivity index (χ2n) is 11.1. The third-order valence-electron chi connectivity index (χ3n) is 6.51. The van der Waals surface area contributed by atoms with Crippen LogP contribution in [0.5, 0.6) is 5.75 Å². The van der Waals surface area contributed by atoms with E-state index in [-0.39, 0.29) is 23.9 Å². The van der Waals surface area contributed by atoms with Crippen molar-refractivity contribution in [1.29, 1.82) is 0 Å². The number of halogens is 6. The summed E-state index contributed by atoms with van der Waals surface area (Å²) in [6.45, 7) is 5.94. The number of nitrogens with one attached hydrogen (secondary N) is 1. The molecule has 0 saturated heterocycles. The fourth-order valence-corrected chi connectivity index (χ4v) is 5.06. The van der Waals surface area contributed by atoms with Gasteiger partial charge in [-0.15, -0.1) is 4.40 Å². The van der Waals surface area contributed by atoms with Crippen LogP contribution in [0.15, 0.2) is 64.0 Å². The van der Waals surface area contributed by atoms with E-state index in [1.807, 2.05) is 0 Å². The average Bonchev–Trinajstić information content (AvgIpc) is 3.02. The Morgan fingerprint density at radius 1 is 0.960 bits per heavy atom. The molecule has 1 atom stereocenters. The molecular formula is C31H35F6N5O7S. The Labute approximate surface area is 284 Å². The number of pyridine rings is 2. The summed E-state index contributed by atoms with van der Waals surface area (Å²) in [4.78, 5) is 30.3. The Hall–Kier alpha value is -4.78. The van der Waals surface area contributed by atoms with Crippen molar-refractivity contribution < 1.29 is 58.6 Å². The predicted octanol–water partition coefficient (Wildman–Crippen LogP) is 6.18. The van der Waals surface area contributed by atoms with Gasteiger partial charge in [0.05, 0.1) is 30.5 Å². The number of hydrogen-bond donors (Lipinski definition) is 2. The van der Waals surface area contributed by atoms with E-state index in [9.17, 15) is 44.3 Å². The Balaban J connectivity index is 0.000000377. The molecule has 1 aromatic carbocycles. The van der Waals surface area contributed by atoms with Crippen molar-refractivity contribution in [3.05, 3.63) is 66.0 Å². The van der Waals surface area contributed by atoms with Crippen molar-refractivity contribution in [2.75, 3.05) is 26.1 Å². The second kappa shape index (κ2) is 16.8. The molecule has 1 unspecified atom stereocenters. The van der Waals surface area contributed by atoms with E-state index in [2.05, 4.69) is 29.2 Å². The maximum atomic E-state index is 13.4. The molecule has 3 rings (SSSR count).